The standard InChI is InChI=1S/C6H5BrOS/c7-9-6-3-1-5(8)2-4-6/h1-4,8H/p-1. The third kappa shape index (κ3) is 1.91. The van der Waals surface area contributed by atoms with Crippen LogP contribution in [0.15, 0.2) is 29.2 Å². The lowest BCUT2D eigenvalue weighted by molar-refractivity contribution is -0.268. The van der Waals surface area contributed by atoms with Crippen molar-refractivity contribution in [2.24, 2.45) is 0 Å². The maximum atomic E-state index is 10.5. The molecule has 0 spiro atoms. The zero-order chi connectivity index (χ0) is 6.69. The molecule has 1 rings (SSSR count). The smallest absolute Gasteiger partial charge is 0.0187 e. The van der Waals surface area contributed by atoms with E-state index in [0.717, 1.165) is 4.90 Å². The molecule has 0 bridgehead atoms. The Kier molecular flexibility index (Phi) is 2.42. The van der Waals surface area contributed by atoms with Gasteiger partial charge in [-0.05, 0) is 37.1 Å². The van der Waals surface area contributed by atoms with E-state index in [4.69, 9.17) is 0 Å². The highest BCUT2D eigenvalue weighted by molar-refractivity contribution is 9.50. The first-order valence-electron chi connectivity index (χ1n) is 2.38. The van der Waals surface area contributed by atoms with E-state index in [1.54, 1.807) is 24.3 Å². The largest absolute Gasteiger partial charge is 0.872 e. The Hall–Kier alpha value is -0.150. The Morgan fingerprint density at radius 3 is 2.22 bits per heavy atom. The van der Waals surface area contributed by atoms with Gasteiger partial charge in [-0.1, -0.05) is 12.1 Å². The summed E-state index contributed by atoms with van der Waals surface area (Å²) in [6, 6.07) is 6.65. The summed E-state index contributed by atoms with van der Waals surface area (Å²) in [5.41, 5.74) is 0. The molecule has 0 saturated heterocycles. The second-order valence-electron chi connectivity index (χ2n) is 1.55. The van der Waals surface area contributed by atoms with Gasteiger partial charge >= 0.3 is 0 Å². The first-order chi connectivity index (χ1) is 4.33. The Morgan fingerprint density at radius 2 is 1.78 bits per heavy atom. The molecule has 0 aliphatic rings. The molecule has 0 aliphatic heterocycles. The molecule has 0 aliphatic carbocycles. The Morgan fingerprint density at radius 1 is 1.22 bits per heavy atom. The predicted molar refractivity (Wildman–Crippen MR) is 40.7 cm³/mol. The summed E-state index contributed by atoms with van der Waals surface area (Å²) in [6.07, 6.45) is 0. The van der Waals surface area contributed by atoms with Crippen molar-refractivity contribution >= 4 is 25.0 Å². The van der Waals surface area contributed by atoms with Gasteiger partial charge in [-0.15, -0.1) is 5.75 Å². The summed E-state index contributed by atoms with van der Waals surface area (Å²) in [5.74, 6) is 0.0558. The minimum absolute atomic E-state index is 0.0558. The highest BCUT2D eigenvalue weighted by Gasteiger charge is 1.84. The molecule has 0 N–H and O–H groups in total. The molecule has 0 heterocycles. The van der Waals surface area contributed by atoms with Crippen LogP contribution in [0.25, 0.3) is 0 Å². The predicted octanol–water partition coefficient (Wildman–Crippen LogP) is 2.16. The first-order valence-corrected chi connectivity index (χ1v) is 5.04. The quantitative estimate of drug-likeness (QED) is 0.699. The maximum Gasteiger partial charge on any atom is 0.0187 e. The van der Waals surface area contributed by atoms with Gasteiger partial charge in [-0.25, -0.2) is 0 Å². The van der Waals surface area contributed by atoms with Crippen molar-refractivity contribution in [1.82, 2.24) is 0 Å². The topological polar surface area (TPSA) is 23.1 Å². The van der Waals surface area contributed by atoms with Crippen LogP contribution in [0, 0.1) is 0 Å². The van der Waals surface area contributed by atoms with Crippen molar-refractivity contribution < 1.29 is 5.11 Å². The van der Waals surface area contributed by atoms with Crippen LogP contribution in [0.2, 0.25) is 0 Å². The fourth-order valence-corrected chi connectivity index (χ4v) is 1.38. The summed E-state index contributed by atoms with van der Waals surface area (Å²) in [7, 11) is 1.45. The molecule has 0 saturated carbocycles. The number of hydrogen-bond acceptors (Lipinski definition) is 2. The first kappa shape index (κ1) is 6.96. The van der Waals surface area contributed by atoms with Gasteiger partial charge in [0, 0.05) is 4.90 Å². The Bertz CT molecular complexity index is 185. The SMILES string of the molecule is [O-]c1ccc(SBr)cc1. The van der Waals surface area contributed by atoms with Crippen LogP contribution in [0.1, 0.15) is 0 Å². The van der Waals surface area contributed by atoms with Crippen LogP contribution in [0.3, 0.4) is 0 Å². The lowest BCUT2D eigenvalue weighted by Crippen LogP contribution is -1.86. The molecule has 0 amide bonds. The van der Waals surface area contributed by atoms with Gasteiger partial charge in [0.05, 0.1) is 0 Å². The number of rotatable bonds is 1. The molecular formula is C6H4BrOS-. The van der Waals surface area contributed by atoms with Gasteiger partial charge in [0.15, 0.2) is 0 Å². The van der Waals surface area contributed by atoms with Gasteiger partial charge in [0.2, 0.25) is 0 Å². The Labute approximate surface area is 65.3 Å². The summed E-state index contributed by atoms with van der Waals surface area (Å²) >= 11 is 3.20. The van der Waals surface area contributed by atoms with E-state index >= 15 is 0 Å². The second kappa shape index (κ2) is 3.13. The monoisotopic (exact) mass is 203 g/mol. The lowest BCUT2D eigenvalue weighted by atomic mass is 10.3. The molecule has 0 atom stereocenters. The van der Waals surface area contributed by atoms with Gasteiger partial charge in [0.25, 0.3) is 0 Å². The molecular weight excluding hydrogens is 200 g/mol. The van der Waals surface area contributed by atoms with Crippen LogP contribution >= 0.6 is 25.0 Å². The Balaban J connectivity index is 2.88. The van der Waals surface area contributed by atoms with Crippen molar-refractivity contribution in [1.29, 1.82) is 0 Å². The normalized spacial score (nSPS) is 9.44. The van der Waals surface area contributed by atoms with Crippen LogP contribution in [-0.4, -0.2) is 0 Å². The minimum Gasteiger partial charge on any atom is -0.872 e. The highest BCUT2D eigenvalue weighted by atomic mass is 79.9. The van der Waals surface area contributed by atoms with Crippen LogP contribution in [0.5, 0.6) is 5.75 Å². The number of halogens is 1. The van der Waals surface area contributed by atoms with Crippen molar-refractivity contribution in [2.45, 2.75) is 4.90 Å². The van der Waals surface area contributed by atoms with Crippen molar-refractivity contribution in [2.75, 3.05) is 0 Å². The third-order valence-corrected chi connectivity index (χ3v) is 2.48. The average Bonchev–Trinajstić information content (AvgIpc) is 1.90. The molecule has 1 aromatic rings. The van der Waals surface area contributed by atoms with Gasteiger partial charge in [-0.3, -0.25) is 0 Å². The molecule has 0 fully saturated rings. The van der Waals surface area contributed by atoms with Gasteiger partial charge < -0.3 is 5.11 Å². The number of hydrogen-bond donors (Lipinski definition) is 0. The third-order valence-electron chi connectivity index (χ3n) is 0.913. The molecule has 0 radical (unpaired) electrons. The molecule has 1 aromatic carbocycles. The fourth-order valence-electron chi connectivity index (χ4n) is 0.491. The average molecular weight is 204 g/mol. The lowest BCUT2D eigenvalue weighted by Gasteiger charge is -2.02. The second-order valence-corrected chi connectivity index (χ2v) is 3.15. The summed E-state index contributed by atoms with van der Waals surface area (Å²) < 4.78 is 0. The van der Waals surface area contributed by atoms with Crippen molar-refractivity contribution in [3.05, 3.63) is 24.3 Å². The van der Waals surface area contributed by atoms with Crippen molar-refractivity contribution in [3.63, 3.8) is 0 Å². The van der Waals surface area contributed by atoms with Gasteiger partial charge in [0.1, 0.15) is 0 Å². The van der Waals surface area contributed by atoms with Crippen LogP contribution in [0.4, 0.5) is 0 Å². The zero-order valence-corrected chi connectivity index (χ0v) is 6.91. The molecule has 9 heavy (non-hydrogen) atoms. The minimum atomic E-state index is 0.0558. The molecule has 0 unspecified atom stereocenters. The maximum absolute atomic E-state index is 10.5. The molecule has 48 valence electrons. The van der Waals surface area contributed by atoms with E-state index in [2.05, 4.69) is 14.8 Å². The van der Waals surface area contributed by atoms with E-state index in [0.29, 0.717) is 0 Å². The fraction of sp³-hybridized carbons (Fsp3) is 0. The van der Waals surface area contributed by atoms with E-state index in [1.807, 2.05) is 0 Å². The van der Waals surface area contributed by atoms with Crippen molar-refractivity contribution in [3.8, 4) is 5.75 Å². The van der Waals surface area contributed by atoms with E-state index in [1.165, 1.54) is 10.2 Å². The molecule has 1 nitrogen and oxygen atoms in total. The van der Waals surface area contributed by atoms with Crippen LogP contribution in [-0.2, 0) is 0 Å². The summed E-state index contributed by atoms with van der Waals surface area (Å²) in [4.78, 5) is 1.05. The van der Waals surface area contributed by atoms with E-state index in [-0.39, 0.29) is 5.75 Å². The molecule has 3 heteroatoms. The van der Waals surface area contributed by atoms with E-state index in [9.17, 15) is 5.11 Å². The molecule has 0 aromatic heterocycles. The number of benzene rings is 1. The van der Waals surface area contributed by atoms with Crippen LogP contribution < -0.4 is 5.11 Å². The van der Waals surface area contributed by atoms with E-state index < -0.39 is 0 Å². The van der Waals surface area contributed by atoms with Gasteiger partial charge in [-0.2, -0.15) is 0 Å². The zero-order valence-electron chi connectivity index (χ0n) is 4.50. The summed E-state index contributed by atoms with van der Waals surface area (Å²) in [5, 5.41) is 10.5. The highest BCUT2D eigenvalue weighted by Crippen LogP contribution is 2.24. The summed E-state index contributed by atoms with van der Waals surface area (Å²) in [6.45, 7) is 0.